The largest absolute Gasteiger partial charge is 0.396 e. The van der Waals surface area contributed by atoms with Crippen molar-refractivity contribution in [2.24, 2.45) is 0 Å². The van der Waals surface area contributed by atoms with Crippen LogP contribution in [-0.4, -0.2) is 26.7 Å². The molecule has 2 rings (SSSR count). The van der Waals surface area contributed by atoms with Crippen molar-refractivity contribution in [3.05, 3.63) is 23.2 Å². The summed E-state index contributed by atoms with van der Waals surface area (Å²) in [5.41, 5.74) is 1.61. The molecule has 0 saturated heterocycles. The fourth-order valence-electron chi connectivity index (χ4n) is 1.24. The molecule has 0 fully saturated rings. The average molecular weight is 212 g/mol. The molecule has 0 amide bonds. The van der Waals surface area contributed by atoms with Gasteiger partial charge in [-0.3, -0.25) is 0 Å². The Kier molecular flexibility index (Phi) is 2.65. The molecule has 0 aliphatic heterocycles. The van der Waals surface area contributed by atoms with Crippen molar-refractivity contribution in [3.8, 4) is 0 Å². The molecule has 0 bridgehead atoms. The van der Waals surface area contributed by atoms with Crippen molar-refractivity contribution < 1.29 is 5.11 Å². The number of aryl methyl sites for hydroxylation is 1. The minimum Gasteiger partial charge on any atom is -0.396 e. The number of halogens is 1. The van der Waals surface area contributed by atoms with Gasteiger partial charge >= 0.3 is 0 Å². The molecule has 1 aromatic heterocycles. The first-order valence-corrected chi connectivity index (χ1v) is 4.78. The van der Waals surface area contributed by atoms with Gasteiger partial charge in [0.1, 0.15) is 11.0 Å². The Hall–Kier alpha value is -1.13. The molecule has 0 saturated carbocycles. The van der Waals surface area contributed by atoms with Crippen molar-refractivity contribution in [1.29, 1.82) is 0 Å². The van der Waals surface area contributed by atoms with Gasteiger partial charge in [-0.1, -0.05) is 11.6 Å². The van der Waals surface area contributed by atoms with E-state index in [4.69, 9.17) is 16.7 Å². The van der Waals surface area contributed by atoms with E-state index in [1.54, 1.807) is 16.9 Å². The summed E-state index contributed by atoms with van der Waals surface area (Å²) in [4.78, 5) is 1.58. The van der Waals surface area contributed by atoms with Crippen molar-refractivity contribution in [3.63, 3.8) is 0 Å². The summed E-state index contributed by atoms with van der Waals surface area (Å²) in [7, 11) is 0. The highest BCUT2D eigenvalue weighted by atomic mass is 35.5. The number of hydrogen-bond acceptors (Lipinski definition) is 3. The van der Waals surface area contributed by atoms with E-state index in [0.29, 0.717) is 18.0 Å². The first-order valence-electron chi connectivity index (χ1n) is 4.41. The SMILES string of the molecule is OCCCn1nc2ccc(Cl)cc2n1. The zero-order valence-electron chi connectivity index (χ0n) is 7.52. The van der Waals surface area contributed by atoms with Crippen LogP contribution in [0.1, 0.15) is 6.42 Å². The third-order valence-electron chi connectivity index (χ3n) is 1.90. The van der Waals surface area contributed by atoms with E-state index in [1.165, 1.54) is 0 Å². The number of aromatic nitrogens is 3. The van der Waals surface area contributed by atoms with Gasteiger partial charge < -0.3 is 5.11 Å². The van der Waals surface area contributed by atoms with Crippen molar-refractivity contribution >= 4 is 22.6 Å². The van der Waals surface area contributed by atoms with E-state index >= 15 is 0 Å². The van der Waals surface area contributed by atoms with Gasteiger partial charge in [0.25, 0.3) is 0 Å². The van der Waals surface area contributed by atoms with Gasteiger partial charge in [0, 0.05) is 11.6 Å². The van der Waals surface area contributed by atoms with Gasteiger partial charge in [0.2, 0.25) is 0 Å². The van der Waals surface area contributed by atoms with Crippen LogP contribution in [-0.2, 0) is 6.54 Å². The molecule has 1 aromatic carbocycles. The molecule has 2 aromatic rings. The molecule has 4 nitrogen and oxygen atoms in total. The van der Waals surface area contributed by atoms with Crippen LogP contribution >= 0.6 is 11.6 Å². The molecule has 5 heteroatoms. The van der Waals surface area contributed by atoms with Gasteiger partial charge in [0.05, 0.1) is 6.54 Å². The molecule has 0 atom stereocenters. The lowest BCUT2D eigenvalue weighted by Crippen LogP contribution is -2.03. The molecule has 0 spiro atoms. The number of rotatable bonds is 3. The summed E-state index contributed by atoms with van der Waals surface area (Å²) in [6.07, 6.45) is 0.661. The third kappa shape index (κ3) is 1.86. The monoisotopic (exact) mass is 211 g/mol. The second-order valence-electron chi connectivity index (χ2n) is 3.01. The van der Waals surface area contributed by atoms with Crippen molar-refractivity contribution in [1.82, 2.24) is 15.0 Å². The highest BCUT2D eigenvalue weighted by Crippen LogP contribution is 2.15. The molecular formula is C9H10ClN3O. The Morgan fingerprint density at radius 3 is 2.86 bits per heavy atom. The van der Waals surface area contributed by atoms with Crippen LogP contribution in [0.3, 0.4) is 0 Å². The Labute approximate surface area is 86.1 Å². The van der Waals surface area contributed by atoms with Crippen molar-refractivity contribution in [2.75, 3.05) is 6.61 Å². The summed E-state index contributed by atoms with van der Waals surface area (Å²) >= 11 is 5.82. The Morgan fingerprint density at radius 1 is 1.29 bits per heavy atom. The van der Waals surface area contributed by atoms with E-state index in [2.05, 4.69) is 10.2 Å². The number of benzene rings is 1. The van der Waals surface area contributed by atoms with E-state index in [1.807, 2.05) is 6.07 Å². The molecule has 1 N–H and O–H groups in total. The highest BCUT2D eigenvalue weighted by Gasteiger charge is 2.02. The van der Waals surface area contributed by atoms with E-state index in [-0.39, 0.29) is 6.61 Å². The van der Waals surface area contributed by atoms with E-state index in [0.717, 1.165) is 11.0 Å². The maximum absolute atomic E-state index is 8.66. The van der Waals surface area contributed by atoms with Crippen LogP contribution < -0.4 is 0 Å². The molecule has 74 valence electrons. The van der Waals surface area contributed by atoms with Gasteiger partial charge in [-0.15, -0.1) is 0 Å². The number of aliphatic hydroxyl groups is 1. The Bertz CT molecular complexity index is 441. The molecule has 0 aliphatic rings. The zero-order chi connectivity index (χ0) is 9.97. The van der Waals surface area contributed by atoms with Crippen molar-refractivity contribution in [2.45, 2.75) is 13.0 Å². The molecular weight excluding hydrogens is 202 g/mol. The predicted octanol–water partition coefficient (Wildman–Crippen LogP) is 1.47. The van der Waals surface area contributed by atoms with Crippen LogP contribution in [0.5, 0.6) is 0 Å². The first-order chi connectivity index (χ1) is 6.79. The van der Waals surface area contributed by atoms with E-state index in [9.17, 15) is 0 Å². The van der Waals surface area contributed by atoms with E-state index < -0.39 is 0 Å². The summed E-state index contributed by atoms with van der Waals surface area (Å²) < 4.78 is 0. The zero-order valence-corrected chi connectivity index (χ0v) is 8.28. The highest BCUT2D eigenvalue weighted by molar-refractivity contribution is 6.31. The molecule has 0 aliphatic carbocycles. The van der Waals surface area contributed by atoms with Crippen LogP contribution in [0.4, 0.5) is 0 Å². The second kappa shape index (κ2) is 3.94. The second-order valence-corrected chi connectivity index (χ2v) is 3.44. The quantitative estimate of drug-likeness (QED) is 0.837. The number of nitrogens with zero attached hydrogens (tertiary/aromatic N) is 3. The topological polar surface area (TPSA) is 50.9 Å². The van der Waals surface area contributed by atoms with Crippen LogP contribution in [0.2, 0.25) is 5.02 Å². The Balaban J connectivity index is 2.32. The molecule has 14 heavy (non-hydrogen) atoms. The molecule has 0 radical (unpaired) electrons. The van der Waals surface area contributed by atoms with Gasteiger partial charge in [0.15, 0.2) is 0 Å². The number of aliphatic hydroxyl groups excluding tert-OH is 1. The average Bonchev–Trinajstić information content (AvgIpc) is 2.56. The van der Waals surface area contributed by atoms with Crippen LogP contribution in [0.25, 0.3) is 11.0 Å². The maximum atomic E-state index is 8.66. The normalized spacial score (nSPS) is 11.0. The number of hydrogen-bond donors (Lipinski definition) is 1. The maximum Gasteiger partial charge on any atom is 0.114 e. The lowest BCUT2D eigenvalue weighted by molar-refractivity contribution is 0.273. The van der Waals surface area contributed by atoms with Crippen LogP contribution in [0.15, 0.2) is 18.2 Å². The molecule has 0 unspecified atom stereocenters. The predicted molar refractivity (Wildman–Crippen MR) is 54.2 cm³/mol. The summed E-state index contributed by atoms with van der Waals surface area (Å²) in [5, 5.41) is 17.8. The Morgan fingerprint density at radius 2 is 2.07 bits per heavy atom. The fourth-order valence-corrected chi connectivity index (χ4v) is 1.41. The van der Waals surface area contributed by atoms with Gasteiger partial charge in [-0.2, -0.15) is 15.0 Å². The fraction of sp³-hybridized carbons (Fsp3) is 0.333. The lowest BCUT2D eigenvalue weighted by Gasteiger charge is -1.94. The standard InChI is InChI=1S/C9H10ClN3O/c10-7-2-3-8-9(6-7)12-13(11-8)4-1-5-14/h2-3,6,14H,1,4-5H2. The smallest absolute Gasteiger partial charge is 0.114 e. The minimum absolute atomic E-state index is 0.151. The first kappa shape index (κ1) is 9.43. The van der Waals surface area contributed by atoms with Gasteiger partial charge in [-0.05, 0) is 24.6 Å². The summed E-state index contributed by atoms with van der Waals surface area (Å²) in [6.45, 7) is 0.779. The molecule has 1 heterocycles. The number of fused-ring (bicyclic) bond motifs is 1. The summed E-state index contributed by atoms with van der Waals surface area (Å²) in [5.74, 6) is 0. The van der Waals surface area contributed by atoms with Crippen LogP contribution in [0, 0.1) is 0 Å². The lowest BCUT2D eigenvalue weighted by atomic mass is 10.3. The third-order valence-corrected chi connectivity index (χ3v) is 2.14. The minimum atomic E-state index is 0.151. The summed E-state index contributed by atoms with van der Waals surface area (Å²) in [6, 6.07) is 5.40. The van der Waals surface area contributed by atoms with Gasteiger partial charge in [-0.25, -0.2) is 0 Å².